The van der Waals surface area contributed by atoms with Crippen molar-refractivity contribution in [3.8, 4) is 11.5 Å². The van der Waals surface area contributed by atoms with E-state index in [-0.39, 0.29) is 26.9 Å². The van der Waals surface area contributed by atoms with Crippen LogP contribution in [0.1, 0.15) is 33.2 Å². The van der Waals surface area contributed by atoms with Crippen molar-refractivity contribution in [2.24, 2.45) is 0 Å². The predicted octanol–water partition coefficient (Wildman–Crippen LogP) is 7.44. The van der Waals surface area contributed by atoms with E-state index in [1.54, 1.807) is 60.7 Å². The first-order valence-electron chi connectivity index (χ1n) is 14.3. The van der Waals surface area contributed by atoms with Crippen molar-refractivity contribution >= 4 is 27.4 Å². The highest BCUT2D eigenvalue weighted by atomic mass is 35.5. The van der Waals surface area contributed by atoms with Gasteiger partial charge in [0, 0.05) is 24.7 Å². The van der Waals surface area contributed by atoms with Gasteiger partial charge >= 0.3 is 5.97 Å². The highest BCUT2D eigenvalue weighted by molar-refractivity contribution is 7.91. The van der Waals surface area contributed by atoms with Crippen molar-refractivity contribution in [3.05, 3.63) is 155 Å². The molecule has 1 atom stereocenters. The van der Waals surface area contributed by atoms with Crippen LogP contribution in [0.25, 0.3) is 0 Å². The average molecular weight is 642 g/mol. The van der Waals surface area contributed by atoms with Gasteiger partial charge in [0.05, 0.1) is 21.5 Å². The van der Waals surface area contributed by atoms with E-state index in [1.165, 1.54) is 24.3 Å². The summed E-state index contributed by atoms with van der Waals surface area (Å²) in [4.78, 5) is 13.7. The minimum Gasteiger partial charge on any atom is -0.478 e. The van der Waals surface area contributed by atoms with Crippen molar-refractivity contribution in [2.75, 3.05) is 13.1 Å². The molecule has 5 rings (SSSR count). The van der Waals surface area contributed by atoms with E-state index >= 15 is 0 Å². The third-order valence-corrected chi connectivity index (χ3v) is 9.30. The van der Waals surface area contributed by atoms with Gasteiger partial charge in [-0.2, -0.15) is 0 Å². The minimum atomic E-state index is -3.84. The lowest BCUT2D eigenvalue weighted by Gasteiger charge is -2.25. The molecule has 0 aliphatic carbocycles. The molecule has 0 heterocycles. The molecule has 2 N–H and O–H groups in total. The fourth-order valence-corrected chi connectivity index (χ4v) is 6.43. The molecular formula is C36H32ClNO6S. The SMILES string of the molecule is O=C(O)c1cccc(Oc2cccc(S(=O)(=O)c3ccc(CCN(Cc4ccccc4)C[C@H](O)c4cccc(Cl)c4)cc3)c2)c1. The number of hydrogen-bond donors (Lipinski definition) is 2. The summed E-state index contributed by atoms with van der Waals surface area (Å²) in [5.74, 6) is -0.525. The standard InChI is InChI=1S/C36H32ClNO6S/c37-30-11-4-9-28(21-30)35(39)25-38(24-27-7-2-1-3-8-27)20-19-26-15-17-33(18-16-26)45(42,43)34-14-6-13-32(23-34)44-31-12-5-10-29(22-31)36(40)41/h1-18,21-23,35,39H,19-20,24-25H2,(H,40,41)/t35-/m0/s1. The monoisotopic (exact) mass is 641 g/mol. The van der Waals surface area contributed by atoms with Gasteiger partial charge in [-0.05, 0) is 83.8 Å². The lowest BCUT2D eigenvalue weighted by Crippen LogP contribution is -2.30. The number of nitrogens with zero attached hydrogens (tertiary/aromatic N) is 1. The van der Waals surface area contributed by atoms with Crippen LogP contribution in [0.3, 0.4) is 0 Å². The highest BCUT2D eigenvalue weighted by Crippen LogP contribution is 2.28. The van der Waals surface area contributed by atoms with Crippen molar-refractivity contribution in [1.82, 2.24) is 4.90 Å². The van der Waals surface area contributed by atoms with E-state index < -0.39 is 21.9 Å². The molecule has 0 radical (unpaired) electrons. The largest absolute Gasteiger partial charge is 0.478 e. The number of aliphatic hydroxyl groups excluding tert-OH is 1. The maximum absolute atomic E-state index is 13.5. The summed E-state index contributed by atoms with van der Waals surface area (Å²) in [6, 6.07) is 36.1. The van der Waals surface area contributed by atoms with Gasteiger partial charge in [0.25, 0.3) is 0 Å². The Morgan fingerprint density at radius 3 is 2.16 bits per heavy atom. The molecule has 7 nitrogen and oxygen atoms in total. The summed E-state index contributed by atoms with van der Waals surface area (Å²) >= 11 is 6.14. The second kappa shape index (κ2) is 14.5. The quantitative estimate of drug-likeness (QED) is 0.138. The number of sulfone groups is 1. The zero-order chi connectivity index (χ0) is 31.8. The molecule has 0 bridgehead atoms. The first kappa shape index (κ1) is 31.9. The Hall–Kier alpha value is -4.47. The smallest absolute Gasteiger partial charge is 0.335 e. The Morgan fingerprint density at radius 1 is 0.756 bits per heavy atom. The van der Waals surface area contributed by atoms with Crippen LogP contribution >= 0.6 is 11.6 Å². The van der Waals surface area contributed by atoms with Gasteiger partial charge in [0.15, 0.2) is 0 Å². The number of rotatable bonds is 13. The zero-order valence-corrected chi connectivity index (χ0v) is 25.9. The molecule has 230 valence electrons. The number of ether oxygens (including phenoxy) is 1. The molecule has 0 saturated carbocycles. The topological polar surface area (TPSA) is 104 Å². The average Bonchev–Trinajstić information content (AvgIpc) is 3.04. The maximum Gasteiger partial charge on any atom is 0.335 e. The number of carboxylic acids is 1. The number of hydrogen-bond acceptors (Lipinski definition) is 6. The molecule has 0 unspecified atom stereocenters. The third-order valence-electron chi connectivity index (χ3n) is 7.30. The Balaban J connectivity index is 1.27. The van der Waals surface area contributed by atoms with Crippen LogP contribution in [0.2, 0.25) is 5.02 Å². The van der Waals surface area contributed by atoms with Crippen LogP contribution in [0, 0.1) is 0 Å². The molecule has 0 aliphatic rings. The Labute approximate surface area is 267 Å². The summed E-state index contributed by atoms with van der Waals surface area (Å²) in [6.07, 6.45) is -0.0745. The van der Waals surface area contributed by atoms with Crippen LogP contribution in [0.15, 0.2) is 137 Å². The molecule has 0 amide bonds. The van der Waals surface area contributed by atoms with Crippen LogP contribution in [-0.4, -0.2) is 42.6 Å². The Morgan fingerprint density at radius 2 is 1.44 bits per heavy atom. The van der Waals surface area contributed by atoms with E-state index in [4.69, 9.17) is 16.3 Å². The number of halogens is 1. The molecule has 0 aliphatic heterocycles. The zero-order valence-electron chi connectivity index (χ0n) is 24.3. The summed E-state index contributed by atoms with van der Waals surface area (Å²) in [5.41, 5.74) is 2.90. The predicted molar refractivity (Wildman–Crippen MR) is 174 cm³/mol. The second-order valence-corrected chi connectivity index (χ2v) is 13.0. The van der Waals surface area contributed by atoms with Gasteiger partial charge in [-0.15, -0.1) is 0 Å². The third kappa shape index (κ3) is 8.59. The van der Waals surface area contributed by atoms with Gasteiger partial charge in [-0.1, -0.05) is 78.3 Å². The fourth-order valence-electron chi connectivity index (χ4n) is 4.93. The fraction of sp³-hybridized carbons (Fsp3) is 0.139. The lowest BCUT2D eigenvalue weighted by molar-refractivity contribution is 0.0696. The van der Waals surface area contributed by atoms with Crippen LogP contribution < -0.4 is 4.74 Å². The molecule has 0 aromatic heterocycles. The van der Waals surface area contributed by atoms with Crippen molar-refractivity contribution < 1.29 is 28.2 Å². The highest BCUT2D eigenvalue weighted by Gasteiger charge is 2.19. The Kier molecular flexibility index (Phi) is 10.3. The molecule has 0 fully saturated rings. The number of aromatic carboxylic acids is 1. The number of carbonyl (C=O) groups is 1. The van der Waals surface area contributed by atoms with Crippen molar-refractivity contribution in [1.29, 1.82) is 0 Å². The first-order valence-corrected chi connectivity index (χ1v) is 16.2. The number of carboxylic acid groups (broad SMARTS) is 1. The van der Waals surface area contributed by atoms with Crippen LogP contribution in [0.5, 0.6) is 11.5 Å². The number of benzene rings is 5. The number of aliphatic hydroxyl groups is 1. The van der Waals surface area contributed by atoms with Crippen molar-refractivity contribution in [2.45, 2.75) is 28.9 Å². The van der Waals surface area contributed by atoms with Gasteiger partial charge < -0.3 is 14.9 Å². The molecule has 5 aromatic carbocycles. The first-order chi connectivity index (χ1) is 21.7. The molecular weight excluding hydrogens is 610 g/mol. The second-order valence-electron chi connectivity index (χ2n) is 10.6. The normalized spacial score (nSPS) is 12.2. The lowest BCUT2D eigenvalue weighted by atomic mass is 10.1. The maximum atomic E-state index is 13.5. The van der Waals surface area contributed by atoms with Gasteiger partial charge in [-0.25, -0.2) is 13.2 Å². The molecule has 0 saturated heterocycles. The van der Waals surface area contributed by atoms with Crippen LogP contribution in [0.4, 0.5) is 0 Å². The minimum absolute atomic E-state index is 0.0613. The molecule has 45 heavy (non-hydrogen) atoms. The molecule has 9 heteroatoms. The van der Waals surface area contributed by atoms with E-state index in [0.29, 0.717) is 31.1 Å². The summed E-state index contributed by atoms with van der Waals surface area (Å²) in [6.45, 7) is 1.69. The van der Waals surface area contributed by atoms with Gasteiger partial charge in [0.2, 0.25) is 9.84 Å². The van der Waals surface area contributed by atoms with Gasteiger partial charge in [-0.3, -0.25) is 4.90 Å². The van der Waals surface area contributed by atoms with Gasteiger partial charge in [0.1, 0.15) is 11.5 Å². The van der Waals surface area contributed by atoms with E-state index in [0.717, 1.165) is 16.7 Å². The molecule has 5 aromatic rings. The summed E-state index contributed by atoms with van der Waals surface area (Å²) < 4.78 is 32.7. The summed E-state index contributed by atoms with van der Waals surface area (Å²) in [7, 11) is -3.84. The molecule has 0 spiro atoms. The van der Waals surface area contributed by atoms with E-state index in [2.05, 4.69) is 4.90 Å². The van der Waals surface area contributed by atoms with Crippen LogP contribution in [-0.2, 0) is 22.8 Å². The van der Waals surface area contributed by atoms with E-state index in [1.807, 2.05) is 42.5 Å². The Bertz CT molecular complexity index is 1860. The van der Waals surface area contributed by atoms with E-state index in [9.17, 15) is 23.4 Å². The summed E-state index contributed by atoms with van der Waals surface area (Å²) in [5, 5.41) is 20.8. The van der Waals surface area contributed by atoms with Crippen molar-refractivity contribution in [3.63, 3.8) is 0 Å².